The molecule has 0 aliphatic rings. The predicted molar refractivity (Wildman–Crippen MR) is 38.6 cm³/mol. The molecule has 0 spiro atoms. The molecule has 72 valence electrons. The molecule has 4 N–H and O–H groups in total. The fourth-order valence-electron chi connectivity index (χ4n) is 0. The largest absolute Gasteiger partial charge is 0.479 e. The van der Waals surface area contributed by atoms with Crippen molar-refractivity contribution < 1.29 is 30.0 Å². The van der Waals surface area contributed by atoms with Crippen molar-refractivity contribution in [2.75, 3.05) is 0 Å². The van der Waals surface area contributed by atoms with Gasteiger partial charge in [0.1, 0.15) is 12.2 Å². The maximum Gasteiger partial charge on any atom is 0.332 e. The smallest absolute Gasteiger partial charge is 0.332 e. The summed E-state index contributed by atoms with van der Waals surface area (Å²) in [5.74, 6) is -2.37. The molecule has 0 radical (unpaired) electrons. The van der Waals surface area contributed by atoms with Crippen LogP contribution in [0.25, 0.3) is 0 Å². The van der Waals surface area contributed by atoms with Gasteiger partial charge in [-0.25, -0.2) is 9.59 Å². The van der Waals surface area contributed by atoms with Crippen molar-refractivity contribution in [3.05, 3.63) is 0 Å². The number of rotatable bonds is 2. The molecule has 6 heteroatoms. The van der Waals surface area contributed by atoms with Crippen LogP contribution in [0.15, 0.2) is 0 Å². The highest BCUT2D eigenvalue weighted by Crippen LogP contribution is 1.73. The molecule has 0 amide bonds. The number of aliphatic carboxylic acids is 2. The maximum atomic E-state index is 9.45. The minimum absolute atomic E-state index is 1.19. The Morgan fingerprint density at radius 3 is 1.00 bits per heavy atom. The lowest BCUT2D eigenvalue weighted by Gasteiger charge is -1.89. The van der Waals surface area contributed by atoms with Gasteiger partial charge in [0.2, 0.25) is 0 Å². The number of carbonyl (C=O) groups is 2. The molecule has 0 aliphatic heterocycles. The van der Waals surface area contributed by atoms with Crippen LogP contribution in [-0.4, -0.2) is 44.6 Å². The highest BCUT2D eigenvalue weighted by molar-refractivity contribution is 5.71. The first-order chi connectivity index (χ1) is 5.29. The van der Waals surface area contributed by atoms with Crippen molar-refractivity contribution in [1.82, 2.24) is 0 Å². The Labute approximate surface area is 69.1 Å². The van der Waals surface area contributed by atoms with E-state index in [-0.39, 0.29) is 0 Å². The van der Waals surface area contributed by atoms with E-state index >= 15 is 0 Å². The minimum atomic E-state index is -1.23. The molecule has 0 saturated carbocycles. The summed E-state index contributed by atoms with van der Waals surface area (Å²) in [4.78, 5) is 18.9. The highest BCUT2D eigenvalue weighted by Gasteiger charge is 2.01. The Morgan fingerprint density at radius 1 is 0.917 bits per heavy atom. The van der Waals surface area contributed by atoms with E-state index in [9.17, 15) is 9.59 Å². The predicted octanol–water partition coefficient (Wildman–Crippen LogP) is -1.10. The van der Waals surface area contributed by atoms with Crippen LogP contribution in [0.4, 0.5) is 0 Å². The Bertz CT molecular complexity index is 132. The lowest BCUT2D eigenvalue weighted by atomic mass is 10.4. The van der Waals surface area contributed by atoms with E-state index in [1.807, 2.05) is 0 Å². The van der Waals surface area contributed by atoms with Gasteiger partial charge in [-0.05, 0) is 13.8 Å². The molecule has 12 heavy (non-hydrogen) atoms. The number of aliphatic hydroxyl groups is 2. The van der Waals surface area contributed by atoms with E-state index in [4.69, 9.17) is 20.4 Å². The molecule has 0 aromatic heterocycles. The van der Waals surface area contributed by atoms with Crippen LogP contribution >= 0.6 is 0 Å². The van der Waals surface area contributed by atoms with Gasteiger partial charge in [-0.1, -0.05) is 0 Å². The van der Waals surface area contributed by atoms with E-state index in [0.717, 1.165) is 0 Å². The Balaban J connectivity index is 0. The third-order valence-corrected chi connectivity index (χ3v) is 0.715. The van der Waals surface area contributed by atoms with Crippen LogP contribution in [0, 0.1) is 0 Å². The van der Waals surface area contributed by atoms with Gasteiger partial charge in [0.15, 0.2) is 0 Å². The molecule has 0 aromatic rings. The standard InChI is InChI=1S/2C3H6O3/c2*1-2(4)3(5)6/h2*2,4H,1H3,(H,5,6)/t2*2-/m11/s1. The molecule has 0 aromatic carbocycles. The Kier molecular flexibility index (Phi) is 7.36. The van der Waals surface area contributed by atoms with Crippen LogP contribution in [0.2, 0.25) is 0 Å². The summed E-state index contributed by atoms with van der Waals surface area (Å²) in [5, 5.41) is 31.5. The van der Waals surface area contributed by atoms with E-state index in [2.05, 4.69) is 0 Å². The van der Waals surface area contributed by atoms with Crippen molar-refractivity contribution in [2.45, 2.75) is 26.1 Å². The summed E-state index contributed by atoms with van der Waals surface area (Å²) in [5.41, 5.74) is 0. The quantitative estimate of drug-likeness (QED) is 0.429. The van der Waals surface area contributed by atoms with Gasteiger partial charge >= 0.3 is 11.9 Å². The van der Waals surface area contributed by atoms with Crippen molar-refractivity contribution >= 4 is 11.9 Å². The second-order valence-electron chi connectivity index (χ2n) is 2.03. The van der Waals surface area contributed by atoms with Crippen LogP contribution in [0.3, 0.4) is 0 Å². The number of hydrogen-bond donors (Lipinski definition) is 4. The average Bonchev–Trinajstić information content (AvgIpc) is 1.88. The van der Waals surface area contributed by atoms with Gasteiger partial charge in [-0.3, -0.25) is 0 Å². The fourth-order valence-corrected chi connectivity index (χ4v) is 0. The van der Waals surface area contributed by atoms with Gasteiger partial charge in [-0.15, -0.1) is 0 Å². The van der Waals surface area contributed by atoms with Crippen molar-refractivity contribution in [2.24, 2.45) is 0 Å². The van der Waals surface area contributed by atoms with Crippen LogP contribution in [0.1, 0.15) is 13.8 Å². The Morgan fingerprint density at radius 2 is 1.00 bits per heavy atom. The zero-order valence-electron chi connectivity index (χ0n) is 6.76. The summed E-state index contributed by atoms with van der Waals surface area (Å²) in [6, 6.07) is 0. The van der Waals surface area contributed by atoms with Crippen LogP contribution < -0.4 is 0 Å². The van der Waals surface area contributed by atoms with E-state index in [1.165, 1.54) is 13.8 Å². The summed E-state index contributed by atoms with van der Waals surface area (Å²) in [6.45, 7) is 2.39. The zero-order valence-corrected chi connectivity index (χ0v) is 6.76. The van der Waals surface area contributed by atoms with Crippen LogP contribution in [-0.2, 0) is 9.59 Å². The molecule has 2 atom stereocenters. The second kappa shape index (κ2) is 6.56. The van der Waals surface area contributed by atoms with Crippen molar-refractivity contribution in [3.63, 3.8) is 0 Å². The van der Waals surface area contributed by atoms with Gasteiger partial charge in [0.25, 0.3) is 0 Å². The number of hydrogen-bond acceptors (Lipinski definition) is 4. The topological polar surface area (TPSA) is 115 Å². The summed E-state index contributed by atoms with van der Waals surface area (Å²) in [7, 11) is 0. The van der Waals surface area contributed by atoms with E-state index < -0.39 is 24.1 Å². The molecule has 0 heterocycles. The second-order valence-corrected chi connectivity index (χ2v) is 2.03. The molecular formula is C6H12O6. The summed E-state index contributed by atoms with van der Waals surface area (Å²) < 4.78 is 0. The maximum absolute atomic E-state index is 9.45. The van der Waals surface area contributed by atoms with E-state index in [1.54, 1.807) is 0 Å². The molecule has 6 nitrogen and oxygen atoms in total. The fraction of sp³-hybridized carbons (Fsp3) is 0.667. The van der Waals surface area contributed by atoms with Crippen LogP contribution in [0.5, 0.6) is 0 Å². The monoisotopic (exact) mass is 180 g/mol. The lowest BCUT2D eigenvalue weighted by molar-refractivity contribution is -0.146. The lowest BCUT2D eigenvalue weighted by Crippen LogP contribution is -2.13. The first kappa shape index (κ1) is 13.4. The third kappa shape index (κ3) is 11.6. The molecule has 0 bridgehead atoms. The summed E-state index contributed by atoms with van der Waals surface area (Å²) in [6.07, 6.45) is -2.46. The van der Waals surface area contributed by atoms with Crippen molar-refractivity contribution in [1.29, 1.82) is 0 Å². The SMILES string of the molecule is C[C@@H](O)C(=O)O.C[C@@H](O)C(=O)O. The molecule has 0 saturated heterocycles. The minimum Gasteiger partial charge on any atom is -0.479 e. The molecule has 0 unspecified atom stereocenters. The molecule has 0 fully saturated rings. The molecule has 0 rings (SSSR count). The first-order valence-corrected chi connectivity index (χ1v) is 3.10. The third-order valence-electron chi connectivity index (χ3n) is 0.715. The first-order valence-electron chi connectivity index (χ1n) is 3.10. The normalized spacial score (nSPS) is 13.7. The number of carboxylic acid groups (broad SMARTS) is 2. The van der Waals surface area contributed by atoms with Gasteiger partial charge in [0.05, 0.1) is 0 Å². The molecule has 0 aliphatic carbocycles. The highest BCUT2D eigenvalue weighted by atomic mass is 16.4. The van der Waals surface area contributed by atoms with Gasteiger partial charge in [-0.2, -0.15) is 0 Å². The zero-order chi connectivity index (χ0) is 10.3. The number of aliphatic hydroxyl groups excluding tert-OH is 2. The molecular weight excluding hydrogens is 168 g/mol. The van der Waals surface area contributed by atoms with E-state index in [0.29, 0.717) is 0 Å². The summed E-state index contributed by atoms with van der Waals surface area (Å²) >= 11 is 0. The Hall–Kier alpha value is -1.14. The van der Waals surface area contributed by atoms with Gasteiger partial charge < -0.3 is 20.4 Å². The number of carboxylic acids is 2. The van der Waals surface area contributed by atoms with Crippen molar-refractivity contribution in [3.8, 4) is 0 Å². The van der Waals surface area contributed by atoms with Gasteiger partial charge in [0, 0.05) is 0 Å². The average molecular weight is 180 g/mol.